The lowest BCUT2D eigenvalue weighted by Crippen LogP contribution is -2.57. The smallest absolute Gasteiger partial charge is 0.272 e. The number of aromatic nitrogens is 3. The highest BCUT2D eigenvalue weighted by molar-refractivity contribution is 5.92. The molecule has 1 aliphatic rings. The van der Waals surface area contributed by atoms with Crippen molar-refractivity contribution in [1.82, 2.24) is 25.0 Å². The van der Waals surface area contributed by atoms with Crippen molar-refractivity contribution in [3.8, 4) is 0 Å². The number of carbonyl (C=O) groups is 2. The van der Waals surface area contributed by atoms with Gasteiger partial charge in [0.1, 0.15) is 6.04 Å². The lowest BCUT2D eigenvalue weighted by atomic mass is 10.00. The van der Waals surface area contributed by atoms with E-state index in [-0.39, 0.29) is 18.0 Å². The average molecular weight is 501 g/mol. The van der Waals surface area contributed by atoms with Gasteiger partial charge in [0, 0.05) is 42.2 Å². The summed E-state index contributed by atoms with van der Waals surface area (Å²) < 4.78 is 1.59. The van der Waals surface area contributed by atoms with Gasteiger partial charge in [0.15, 0.2) is 0 Å². The Kier molecular flexibility index (Phi) is 6.47. The SMILES string of the molecule is CC(C)(N)C(=O)N[C@H](Cc1c[nH]c2ccccc12)C(=O)N1CCc2[nH]n(Cc3ccccc3)c(=O)c2C1. The topological polar surface area (TPSA) is 129 Å². The molecular weight excluding hydrogens is 468 g/mol. The first kappa shape index (κ1) is 24.6. The Hall–Kier alpha value is -4.11. The van der Waals surface area contributed by atoms with Gasteiger partial charge >= 0.3 is 0 Å². The normalized spacial score (nSPS) is 14.4. The van der Waals surface area contributed by atoms with Gasteiger partial charge in [0.2, 0.25) is 11.8 Å². The molecule has 9 nitrogen and oxygen atoms in total. The predicted octanol–water partition coefficient (Wildman–Crippen LogP) is 2.06. The van der Waals surface area contributed by atoms with E-state index >= 15 is 0 Å². The molecule has 0 radical (unpaired) electrons. The summed E-state index contributed by atoms with van der Waals surface area (Å²) >= 11 is 0. The molecule has 4 aromatic rings. The predicted molar refractivity (Wildman–Crippen MR) is 142 cm³/mol. The molecule has 2 aromatic heterocycles. The molecule has 1 aliphatic heterocycles. The van der Waals surface area contributed by atoms with Crippen LogP contribution in [0.5, 0.6) is 0 Å². The highest BCUT2D eigenvalue weighted by atomic mass is 16.2. The average Bonchev–Trinajstić information content (AvgIpc) is 3.43. The molecule has 0 fully saturated rings. The van der Waals surface area contributed by atoms with Crippen molar-refractivity contribution in [3.63, 3.8) is 0 Å². The van der Waals surface area contributed by atoms with Crippen LogP contribution in [0.2, 0.25) is 0 Å². The van der Waals surface area contributed by atoms with Crippen LogP contribution in [-0.4, -0.2) is 49.6 Å². The monoisotopic (exact) mass is 500 g/mol. The zero-order chi connectivity index (χ0) is 26.2. The minimum Gasteiger partial charge on any atom is -0.361 e. The zero-order valence-corrected chi connectivity index (χ0v) is 21.1. The fraction of sp³-hybridized carbons (Fsp3) is 0.321. The highest BCUT2D eigenvalue weighted by Gasteiger charge is 2.34. The molecule has 0 spiro atoms. The van der Waals surface area contributed by atoms with Gasteiger partial charge in [-0.05, 0) is 31.0 Å². The number of hydrogen-bond acceptors (Lipinski definition) is 4. The van der Waals surface area contributed by atoms with Crippen LogP contribution >= 0.6 is 0 Å². The Labute approximate surface area is 214 Å². The number of rotatable bonds is 7. The summed E-state index contributed by atoms with van der Waals surface area (Å²) in [4.78, 5) is 44.7. The fourth-order valence-corrected chi connectivity index (χ4v) is 4.81. The van der Waals surface area contributed by atoms with E-state index in [4.69, 9.17) is 5.73 Å². The molecule has 0 saturated heterocycles. The summed E-state index contributed by atoms with van der Waals surface area (Å²) in [5.41, 5.74) is 9.10. The van der Waals surface area contributed by atoms with Gasteiger partial charge in [-0.25, -0.2) is 4.68 Å². The minimum absolute atomic E-state index is 0.128. The number of para-hydroxylation sites is 1. The van der Waals surface area contributed by atoms with E-state index in [1.165, 1.54) is 0 Å². The van der Waals surface area contributed by atoms with Crippen LogP contribution in [0.4, 0.5) is 0 Å². The number of carbonyl (C=O) groups excluding carboxylic acids is 2. The van der Waals surface area contributed by atoms with Crippen LogP contribution in [0.15, 0.2) is 65.6 Å². The third kappa shape index (κ3) is 5.08. The molecular formula is C28H32N6O3. The maximum atomic E-state index is 13.8. The summed E-state index contributed by atoms with van der Waals surface area (Å²) in [5, 5.41) is 7.09. The van der Waals surface area contributed by atoms with Crippen molar-refractivity contribution in [2.75, 3.05) is 6.54 Å². The molecule has 2 amide bonds. The van der Waals surface area contributed by atoms with Crippen molar-refractivity contribution in [3.05, 3.63) is 93.5 Å². The molecule has 37 heavy (non-hydrogen) atoms. The van der Waals surface area contributed by atoms with E-state index in [0.717, 1.165) is 27.7 Å². The first-order chi connectivity index (χ1) is 17.7. The summed E-state index contributed by atoms with van der Waals surface area (Å²) in [6, 6.07) is 16.8. The third-order valence-electron chi connectivity index (χ3n) is 6.90. The molecule has 9 heteroatoms. The Morgan fingerprint density at radius 1 is 1.11 bits per heavy atom. The molecule has 5 rings (SSSR count). The maximum absolute atomic E-state index is 13.8. The number of nitrogens with two attached hydrogens (primary N) is 1. The molecule has 0 bridgehead atoms. The number of amides is 2. The second-order valence-corrected chi connectivity index (χ2v) is 10.3. The van der Waals surface area contributed by atoms with Crippen LogP contribution < -0.4 is 16.6 Å². The molecule has 3 heterocycles. The lowest BCUT2D eigenvalue weighted by Gasteiger charge is -2.31. The zero-order valence-electron chi connectivity index (χ0n) is 21.1. The number of nitrogens with zero attached hydrogens (tertiary/aromatic N) is 2. The Bertz CT molecular complexity index is 1490. The van der Waals surface area contributed by atoms with Crippen molar-refractivity contribution < 1.29 is 9.59 Å². The van der Waals surface area contributed by atoms with Crippen LogP contribution in [0.3, 0.4) is 0 Å². The Morgan fingerprint density at radius 2 is 1.84 bits per heavy atom. The van der Waals surface area contributed by atoms with Gasteiger partial charge in [-0.2, -0.15) is 0 Å². The second-order valence-electron chi connectivity index (χ2n) is 10.3. The third-order valence-corrected chi connectivity index (χ3v) is 6.90. The van der Waals surface area contributed by atoms with Crippen LogP contribution in [-0.2, 0) is 35.5 Å². The van der Waals surface area contributed by atoms with Gasteiger partial charge in [-0.3, -0.25) is 19.5 Å². The lowest BCUT2D eigenvalue weighted by molar-refractivity contribution is -0.138. The van der Waals surface area contributed by atoms with Crippen LogP contribution in [0, 0.1) is 0 Å². The van der Waals surface area contributed by atoms with Crippen molar-refractivity contribution in [2.45, 2.75) is 51.4 Å². The Balaban J connectivity index is 1.39. The van der Waals surface area contributed by atoms with Gasteiger partial charge in [0.05, 0.1) is 24.2 Å². The van der Waals surface area contributed by atoms with Gasteiger partial charge in [-0.1, -0.05) is 48.5 Å². The van der Waals surface area contributed by atoms with Crippen LogP contribution in [0.25, 0.3) is 10.9 Å². The quantitative estimate of drug-likeness (QED) is 0.310. The van der Waals surface area contributed by atoms with Gasteiger partial charge < -0.3 is 20.9 Å². The molecule has 192 valence electrons. The number of fused-ring (bicyclic) bond motifs is 2. The van der Waals surface area contributed by atoms with Gasteiger partial charge in [0.25, 0.3) is 5.56 Å². The van der Waals surface area contributed by atoms with Crippen LogP contribution in [0.1, 0.15) is 36.2 Å². The molecule has 5 N–H and O–H groups in total. The molecule has 0 aliphatic carbocycles. The minimum atomic E-state index is -1.14. The Morgan fingerprint density at radius 3 is 2.59 bits per heavy atom. The number of hydrogen-bond donors (Lipinski definition) is 4. The summed E-state index contributed by atoms with van der Waals surface area (Å²) in [5.74, 6) is -0.640. The van der Waals surface area contributed by atoms with Crippen molar-refractivity contribution >= 4 is 22.7 Å². The molecule has 1 atom stereocenters. The van der Waals surface area contributed by atoms with E-state index in [2.05, 4.69) is 15.4 Å². The summed E-state index contributed by atoms with van der Waals surface area (Å²) in [6.45, 7) is 4.29. The standard InChI is InChI=1S/C28H32N6O3/c1-28(2,29)27(37)31-24(14-19-15-30-22-11-7-6-10-20(19)22)26(36)33-13-12-23-21(17-33)25(35)34(32-23)16-18-8-4-3-5-9-18/h3-11,15,24,30,32H,12-14,16-17,29H2,1-2H3,(H,31,37)/t24-/m1/s1. The summed E-state index contributed by atoms with van der Waals surface area (Å²) in [6.07, 6.45) is 2.71. The van der Waals surface area contributed by atoms with Crippen molar-refractivity contribution in [2.24, 2.45) is 5.73 Å². The number of nitrogens with one attached hydrogen (secondary N) is 3. The number of aromatic amines is 2. The largest absolute Gasteiger partial charge is 0.361 e. The highest BCUT2D eigenvalue weighted by Crippen LogP contribution is 2.22. The molecule has 0 unspecified atom stereocenters. The first-order valence-electron chi connectivity index (χ1n) is 12.5. The fourth-order valence-electron chi connectivity index (χ4n) is 4.81. The van der Waals surface area contributed by atoms with Crippen molar-refractivity contribution in [1.29, 1.82) is 0 Å². The van der Waals surface area contributed by atoms with E-state index in [0.29, 0.717) is 31.5 Å². The maximum Gasteiger partial charge on any atom is 0.272 e. The van der Waals surface area contributed by atoms with E-state index in [1.54, 1.807) is 23.4 Å². The van der Waals surface area contributed by atoms with E-state index in [1.807, 2.05) is 60.8 Å². The summed E-state index contributed by atoms with van der Waals surface area (Å²) in [7, 11) is 0. The first-order valence-corrected chi connectivity index (χ1v) is 12.5. The van der Waals surface area contributed by atoms with E-state index in [9.17, 15) is 14.4 Å². The molecule has 2 aromatic carbocycles. The second kappa shape index (κ2) is 9.74. The number of H-pyrrole nitrogens is 2. The number of benzene rings is 2. The van der Waals surface area contributed by atoms with E-state index < -0.39 is 17.5 Å². The van der Waals surface area contributed by atoms with Gasteiger partial charge in [-0.15, -0.1) is 0 Å². The molecule has 0 saturated carbocycles.